The van der Waals surface area contributed by atoms with Crippen molar-refractivity contribution in [1.29, 1.82) is 0 Å². The average Bonchev–Trinajstić information content (AvgIpc) is 2.93. The number of hydrogen-bond donors (Lipinski definition) is 0. The third-order valence-electron chi connectivity index (χ3n) is 3.59. The largest absolute Gasteiger partial charge is 0.435 e. The summed E-state index contributed by atoms with van der Waals surface area (Å²) in [5, 5.41) is 1.34. The zero-order valence-electron chi connectivity index (χ0n) is 13.8. The maximum Gasteiger partial charge on any atom is 0.387 e. The van der Waals surface area contributed by atoms with E-state index in [0.717, 1.165) is 0 Å². The predicted molar refractivity (Wildman–Crippen MR) is 106 cm³/mol. The van der Waals surface area contributed by atoms with E-state index in [1.165, 1.54) is 40.9 Å². The van der Waals surface area contributed by atoms with E-state index in [9.17, 15) is 13.6 Å². The Kier molecular flexibility index (Phi) is 6.04. The molecule has 2 aromatic rings. The van der Waals surface area contributed by atoms with Gasteiger partial charge in [-0.15, -0.1) is 0 Å². The van der Waals surface area contributed by atoms with Gasteiger partial charge in [-0.05, 0) is 54.3 Å². The Balaban J connectivity index is 1.91. The fourth-order valence-corrected chi connectivity index (χ4v) is 3.43. The molecule has 1 heterocycles. The molecule has 0 saturated carbocycles. The molecule has 0 unspecified atom stereocenters. The monoisotopic (exact) mass is 428 g/mol. The Hall–Kier alpha value is -2.09. The summed E-state index contributed by atoms with van der Waals surface area (Å²) in [4.78, 5) is 18.6. The van der Waals surface area contributed by atoms with E-state index in [1.807, 2.05) is 0 Å². The highest BCUT2D eigenvalue weighted by molar-refractivity contribution is 8.13. The number of rotatable bonds is 4. The number of carbonyl (C=O) groups is 1. The molecule has 0 N–H and O–H groups in total. The topological polar surface area (TPSA) is 41.9 Å². The first-order valence-electron chi connectivity index (χ1n) is 7.58. The molecule has 27 heavy (non-hydrogen) atoms. The summed E-state index contributed by atoms with van der Waals surface area (Å²) in [6.45, 7) is -2.91. The van der Waals surface area contributed by atoms with Gasteiger partial charge in [-0.2, -0.15) is 8.78 Å². The molecule has 1 amide bonds. The second kappa shape index (κ2) is 8.29. The van der Waals surface area contributed by atoms with Gasteiger partial charge in [-0.25, -0.2) is 4.99 Å². The van der Waals surface area contributed by atoms with Crippen molar-refractivity contribution in [1.82, 2.24) is 0 Å². The Labute approximate surface area is 168 Å². The fourth-order valence-electron chi connectivity index (χ4n) is 2.40. The van der Waals surface area contributed by atoms with Crippen molar-refractivity contribution < 1.29 is 18.3 Å². The number of benzene rings is 2. The summed E-state index contributed by atoms with van der Waals surface area (Å²) < 4.78 is 28.9. The number of hydrogen-bond acceptors (Lipinski definition) is 4. The van der Waals surface area contributed by atoms with Crippen molar-refractivity contribution in [2.75, 3.05) is 11.2 Å². The first-order valence-corrected chi connectivity index (χ1v) is 9.56. The molecule has 140 valence electrons. The first kappa shape index (κ1) is 19.7. The Morgan fingerprint density at radius 2 is 1.89 bits per heavy atom. The molecule has 0 saturated heterocycles. The van der Waals surface area contributed by atoms with E-state index in [1.54, 1.807) is 30.5 Å². The van der Waals surface area contributed by atoms with Crippen LogP contribution in [0.1, 0.15) is 5.56 Å². The van der Waals surface area contributed by atoms with Crippen LogP contribution in [0.4, 0.5) is 14.5 Å². The van der Waals surface area contributed by atoms with Gasteiger partial charge >= 0.3 is 6.61 Å². The number of amides is 1. The number of ether oxygens (including phenoxy) is 1. The van der Waals surface area contributed by atoms with Crippen molar-refractivity contribution in [3.8, 4) is 5.75 Å². The van der Waals surface area contributed by atoms with Gasteiger partial charge in [0.1, 0.15) is 11.4 Å². The predicted octanol–water partition coefficient (Wildman–Crippen LogP) is 5.70. The van der Waals surface area contributed by atoms with Gasteiger partial charge < -0.3 is 4.74 Å². The smallest absolute Gasteiger partial charge is 0.387 e. The lowest BCUT2D eigenvalue weighted by Crippen LogP contribution is -2.30. The molecule has 0 spiro atoms. The molecular weight excluding hydrogens is 417 g/mol. The highest BCUT2D eigenvalue weighted by Crippen LogP contribution is 2.31. The van der Waals surface area contributed by atoms with Crippen molar-refractivity contribution in [3.05, 3.63) is 63.8 Å². The molecule has 2 aromatic carbocycles. The van der Waals surface area contributed by atoms with Crippen LogP contribution >= 0.6 is 35.0 Å². The van der Waals surface area contributed by atoms with E-state index >= 15 is 0 Å². The summed E-state index contributed by atoms with van der Waals surface area (Å²) in [6, 6.07) is 10.7. The van der Waals surface area contributed by atoms with Gasteiger partial charge in [0.05, 0.1) is 5.69 Å². The molecule has 1 aliphatic heterocycles. The quantitative estimate of drug-likeness (QED) is 0.586. The lowest BCUT2D eigenvalue weighted by atomic mass is 10.2. The normalized spacial score (nSPS) is 15.6. The molecule has 0 bridgehead atoms. The molecule has 3 rings (SSSR count). The number of amidine groups is 1. The second-order valence-corrected chi connectivity index (χ2v) is 6.92. The molecule has 0 atom stereocenters. The zero-order valence-corrected chi connectivity index (χ0v) is 16.2. The maximum atomic E-state index is 12.8. The lowest BCUT2D eigenvalue weighted by Gasteiger charge is -2.17. The van der Waals surface area contributed by atoms with E-state index in [0.29, 0.717) is 26.5 Å². The number of halogens is 4. The van der Waals surface area contributed by atoms with Crippen molar-refractivity contribution in [2.45, 2.75) is 6.61 Å². The van der Waals surface area contributed by atoms with E-state index in [-0.39, 0.29) is 17.4 Å². The Morgan fingerprint density at radius 1 is 1.19 bits per heavy atom. The van der Waals surface area contributed by atoms with Gasteiger partial charge in [-0.3, -0.25) is 9.69 Å². The van der Waals surface area contributed by atoms with Crippen LogP contribution in [-0.4, -0.2) is 23.9 Å². The first-order chi connectivity index (χ1) is 12.9. The van der Waals surface area contributed by atoms with Crippen molar-refractivity contribution in [3.63, 3.8) is 0 Å². The van der Waals surface area contributed by atoms with Crippen LogP contribution in [0.25, 0.3) is 6.08 Å². The van der Waals surface area contributed by atoms with Crippen LogP contribution in [0, 0.1) is 0 Å². The number of carbonyl (C=O) groups excluding carboxylic acids is 1. The number of thioether (sulfide) groups is 1. The van der Waals surface area contributed by atoms with Crippen LogP contribution < -0.4 is 9.64 Å². The van der Waals surface area contributed by atoms with Gasteiger partial charge in [0.25, 0.3) is 5.91 Å². The number of aliphatic imine (C=N–C) groups is 1. The molecular formula is C18H12Cl2F2N2O2S. The maximum absolute atomic E-state index is 12.8. The summed E-state index contributed by atoms with van der Waals surface area (Å²) in [5.41, 5.74) is 1.30. The Bertz CT molecular complexity index is 933. The van der Waals surface area contributed by atoms with Crippen LogP contribution in [0.15, 0.2) is 53.2 Å². The average molecular weight is 429 g/mol. The molecule has 0 radical (unpaired) electrons. The number of alkyl halides is 2. The SMILES string of the molecule is CSC1=N/C(=C/c2ccc(Cl)cc2Cl)C(=O)N1c1ccc(OC(F)F)cc1. The van der Waals surface area contributed by atoms with Crippen LogP contribution in [-0.2, 0) is 4.79 Å². The van der Waals surface area contributed by atoms with Gasteiger partial charge in [0.15, 0.2) is 5.17 Å². The van der Waals surface area contributed by atoms with Gasteiger partial charge in [0.2, 0.25) is 0 Å². The second-order valence-electron chi connectivity index (χ2n) is 5.31. The van der Waals surface area contributed by atoms with Crippen LogP contribution in [0.5, 0.6) is 5.75 Å². The minimum Gasteiger partial charge on any atom is -0.435 e. The Morgan fingerprint density at radius 3 is 2.48 bits per heavy atom. The third-order valence-corrected chi connectivity index (χ3v) is 4.79. The van der Waals surface area contributed by atoms with E-state index < -0.39 is 6.61 Å². The fraction of sp³-hybridized carbons (Fsp3) is 0.111. The molecule has 1 aliphatic rings. The van der Waals surface area contributed by atoms with Crippen molar-refractivity contribution >= 4 is 57.8 Å². The summed E-state index contributed by atoms with van der Waals surface area (Å²) in [6.07, 6.45) is 3.36. The molecule has 4 nitrogen and oxygen atoms in total. The summed E-state index contributed by atoms with van der Waals surface area (Å²) >= 11 is 13.3. The number of anilines is 1. The highest BCUT2D eigenvalue weighted by Gasteiger charge is 2.31. The van der Waals surface area contributed by atoms with Crippen LogP contribution in [0.2, 0.25) is 10.0 Å². The number of nitrogens with zero attached hydrogens (tertiary/aromatic N) is 2. The van der Waals surface area contributed by atoms with Gasteiger partial charge in [0, 0.05) is 10.0 Å². The molecule has 9 heteroatoms. The molecule has 0 fully saturated rings. The standard InChI is InChI=1S/C18H12Cl2F2N2O2S/c1-27-18-23-15(8-10-2-3-11(19)9-14(10)20)16(25)24(18)12-4-6-13(7-5-12)26-17(21)22/h2-9,17H,1H3/b15-8+. The molecule has 0 aliphatic carbocycles. The zero-order chi connectivity index (χ0) is 19.6. The summed E-state index contributed by atoms with van der Waals surface area (Å²) in [5.74, 6) is -0.348. The lowest BCUT2D eigenvalue weighted by molar-refractivity contribution is -0.113. The summed E-state index contributed by atoms with van der Waals surface area (Å²) in [7, 11) is 0. The minimum absolute atomic E-state index is 0.00625. The van der Waals surface area contributed by atoms with Gasteiger partial charge in [-0.1, -0.05) is 41.0 Å². The van der Waals surface area contributed by atoms with E-state index in [2.05, 4.69) is 9.73 Å². The minimum atomic E-state index is -2.91. The third kappa shape index (κ3) is 4.43. The van der Waals surface area contributed by atoms with Crippen LogP contribution in [0.3, 0.4) is 0 Å². The van der Waals surface area contributed by atoms with Crippen molar-refractivity contribution in [2.24, 2.45) is 4.99 Å². The van der Waals surface area contributed by atoms with E-state index in [4.69, 9.17) is 23.2 Å². The molecule has 0 aromatic heterocycles. The highest BCUT2D eigenvalue weighted by atomic mass is 35.5.